The van der Waals surface area contributed by atoms with E-state index >= 15 is 0 Å². The van der Waals surface area contributed by atoms with E-state index in [4.69, 9.17) is 4.74 Å². The Kier molecular flexibility index (Phi) is 6.34. The Balaban J connectivity index is 1.90. The molecule has 0 saturated carbocycles. The molecule has 0 aliphatic carbocycles. The summed E-state index contributed by atoms with van der Waals surface area (Å²) in [5, 5.41) is 0.673. The lowest BCUT2D eigenvalue weighted by Gasteiger charge is -2.20. The summed E-state index contributed by atoms with van der Waals surface area (Å²) in [5.41, 5.74) is 1.36. The third kappa shape index (κ3) is 4.42. The highest BCUT2D eigenvalue weighted by molar-refractivity contribution is 6.06. The number of aryl methyl sites for hydroxylation is 1. The molecule has 0 aliphatic heterocycles. The van der Waals surface area contributed by atoms with E-state index in [1.165, 1.54) is 21.6 Å². The number of alkyl halides is 2. The molecule has 1 amide bonds. The number of benzene rings is 2. The van der Waals surface area contributed by atoms with E-state index in [0.717, 1.165) is 0 Å². The van der Waals surface area contributed by atoms with E-state index < -0.39 is 6.61 Å². The summed E-state index contributed by atoms with van der Waals surface area (Å²) in [6.07, 6.45) is 0. The van der Waals surface area contributed by atoms with Gasteiger partial charge in [0, 0.05) is 32.1 Å². The summed E-state index contributed by atoms with van der Waals surface area (Å²) in [6.45, 7) is -0.766. The Morgan fingerprint density at radius 2 is 1.87 bits per heavy atom. The Hall–Kier alpha value is -3.42. The van der Waals surface area contributed by atoms with Crippen LogP contribution in [-0.4, -0.2) is 35.6 Å². The fourth-order valence-electron chi connectivity index (χ4n) is 3.25. The molecule has 6 nitrogen and oxygen atoms in total. The van der Waals surface area contributed by atoms with Crippen molar-refractivity contribution in [1.82, 2.24) is 9.47 Å². The Bertz CT molecular complexity index is 1130. The highest BCUT2D eigenvalue weighted by atomic mass is 19.3. The second kappa shape index (κ2) is 8.94. The summed E-state index contributed by atoms with van der Waals surface area (Å²) < 4.78 is 36.5. The predicted octanol–water partition coefficient (Wildman–Crippen LogP) is 3.81. The molecule has 0 aliphatic rings. The molecule has 3 aromatic rings. The van der Waals surface area contributed by atoms with Gasteiger partial charge in [0.1, 0.15) is 0 Å². The van der Waals surface area contributed by atoms with Crippen molar-refractivity contribution in [3.63, 3.8) is 0 Å². The summed E-state index contributed by atoms with van der Waals surface area (Å²) in [7, 11) is 3.26. The lowest BCUT2D eigenvalue weighted by Crippen LogP contribution is -2.29. The first-order chi connectivity index (χ1) is 14.3. The number of aromatic nitrogens is 1. The minimum atomic E-state index is -2.96. The highest BCUT2D eigenvalue weighted by Gasteiger charge is 2.18. The van der Waals surface area contributed by atoms with Crippen LogP contribution in [0.15, 0.2) is 53.3 Å². The summed E-state index contributed by atoms with van der Waals surface area (Å²) in [6, 6.07) is 13.0. The molecular formula is C22H22F2N2O4. The van der Waals surface area contributed by atoms with Crippen molar-refractivity contribution in [2.45, 2.75) is 20.1 Å². The smallest absolute Gasteiger partial charge is 0.387 e. The number of carbonyl (C=O) groups is 1. The maximum Gasteiger partial charge on any atom is 0.387 e. The number of fused-ring (bicyclic) bond motifs is 1. The van der Waals surface area contributed by atoms with Gasteiger partial charge in [-0.1, -0.05) is 24.3 Å². The number of carbonyl (C=O) groups excluding carboxylic acids is 1. The summed E-state index contributed by atoms with van der Waals surface area (Å²) in [5.74, 6) is -0.216. The number of ether oxygens (including phenoxy) is 2. The molecule has 0 spiro atoms. The number of hydrogen-bond donors (Lipinski definition) is 0. The van der Waals surface area contributed by atoms with Gasteiger partial charge in [-0.05, 0) is 30.7 Å². The molecule has 30 heavy (non-hydrogen) atoms. The van der Waals surface area contributed by atoms with Gasteiger partial charge in [-0.2, -0.15) is 8.78 Å². The SMILES string of the molecule is CCOc1cc(CN(C)C(=O)c2cc(=O)n(C)c3ccccc23)ccc1OC(F)F. The van der Waals surface area contributed by atoms with Crippen LogP contribution in [0.3, 0.4) is 0 Å². The van der Waals surface area contributed by atoms with E-state index in [0.29, 0.717) is 22.0 Å². The zero-order valence-electron chi connectivity index (χ0n) is 16.9. The van der Waals surface area contributed by atoms with E-state index in [1.807, 2.05) is 0 Å². The van der Waals surface area contributed by atoms with Crippen LogP contribution in [0.2, 0.25) is 0 Å². The maximum absolute atomic E-state index is 13.1. The first-order valence-electron chi connectivity index (χ1n) is 9.36. The normalized spacial score (nSPS) is 11.0. The monoisotopic (exact) mass is 416 g/mol. The van der Waals surface area contributed by atoms with Crippen LogP contribution >= 0.6 is 0 Å². The second-order valence-corrected chi connectivity index (χ2v) is 6.73. The molecule has 1 aromatic heterocycles. The van der Waals surface area contributed by atoms with Gasteiger partial charge in [0.2, 0.25) is 0 Å². The second-order valence-electron chi connectivity index (χ2n) is 6.73. The van der Waals surface area contributed by atoms with Crippen molar-refractivity contribution in [3.8, 4) is 11.5 Å². The minimum Gasteiger partial charge on any atom is -0.490 e. The van der Waals surface area contributed by atoms with Crippen molar-refractivity contribution in [2.75, 3.05) is 13.7 Å². The first-order valence-corrected chi connectivity index (χ1v) is 9.36. The van der Waals surface area contributed by atoms with Crippen LogP contribution in [0.25, 0.3) is 10.9 Å². The summed E-state index contributed by atoms with van der Waals surface area (Å²) >= 11 is 0. The topological polar surface area (TPSA) is 60.8 Å². The summed E-state index contributed by atoms with van der Waals surface area (Å²) in [4.78, 5) is 26.8. The predicted molar refractivity (Wildman–Crippen MR) is 109 cm³/mol. The standard InChI is InChI=1S/C22H22F2N2O4/c1-4-29-19-11-14(9-10-18(19)30-22(23)24)13-25(2)21(28)16-12-20(27)26(3)17-8-6-5-7-15(16)17/h5-12,22H,4,13H2,1-3H3. The Morgan fingerprint density at radius 1 is 1.13 bits per heavy atom. The van der Waals surface area contributed by atoms with Gasteiger partial charge in [0.25, 0.3) is 11.5 Å². The molecule has 3 rings (SSSR count). The van der Waals surface area contributed by atoms with E-state index in [1.54, 1.807) is 57.4 Å². The van der Waals surface area contributed by atoms with Gasteiger partial charge in [0.05, 0.1) is 17.7 Å². The lowest BCUT2D eigenvalue weighted by molar-refractivity contribution is -0.0514. The number of halogens is 2. The van der Waals surface area contributed by atoms with Crippen LogP contribution in [0.4, 0.5) is 8.78 Å². The van der Waals surface area contributed by atoms with E-state index in [9.17, 15) is 18.4 Å². The molecule has 0 N–H and O–H groups in total. The quantitative estimate of drug-likeness (QED) is 0.588. The maximum atomic E-state index is 13.1. The van der Waals surface area contributed by atoms with E-state index in [-0.39, 0.29) is 36.1 Å². The van der Waals surface area contributed by atoms with Crippen molar-refractivity contribution in [1.29, 1.82) is 0 Å². The fourth-order valence-corrected chi connectivity index (χ4v) is 3.25. The largest absolute Gasteiger partial charge is 0.490 e. The Morgan fingerprint density at radius 3 is 2.57 bits per heavy atom. The van der Waals surface area contributed by atoms with Crippen LogP contribution < -0.4 is 15.0 Å². The molecule has 0 saturated heterocycles. The molecule has 0 bridgehead atoms. The number of hydrogen-bond acceptors (Lipinski definition) is 4. The third-order valence-corrected chi connectivity index (χ3v) is 4.67. The fraction of sp³-hybridized carbons (Fsp3) is 0.273. The molecule has 0 atom stereocenters. The zero-order chi connectivity index (χ0) is 21.8. The van der Waals surface area contributed by atoms with Gasteiger partial charge in [-0.25, -0.2) is 0 Å². The molecule has 0 unspecified atom stereocenters. The zero-order valence-corrected chi connectivity index (χ0v) is 16.9. The number of amides is 1. The average Bonchev–Trinajstić information content (AvgIpc) is 2.72. The van der Waals surface area contributed by atoms with Crippen molar-refractivity contribution >= 4 is 16.8 Å². The number of para-hydroxylation sites is 1. The molecule has 158 valence electrons. The number of rotatable bonds is 7. The van der Waals surface area contributed by atoms with Crippen molar-refractivity contribution in [2.24, 2.45) is 7.05 Å². The molecule has 0 fully saturated rings. The molecule has 8 heteroatoms. The van der Waals surface area contributed by atoms with Crippen molar-refractivity contribution in [3.05, 3.63) is 70.0 Å². The van der Waals surface area contributed by atoms with Gasteiger partial charge in [-0.3, -0.25) is 9.59 Å². The van der Waals surface area contributed by atoms with Crippen LogP contribution in [-0.2, 0) is 13.6 Å². The number of nitrogens with zero attached hydrogens (tertiary/aromatic N) is 2. The molecule has 1 heterocycles. The van der Waals surface area contributed by atoms with Crippen LogP contribution in [0.1, 0.15) is 22.8 Å². The Labute approximate surface area is 172 Å². The van der Waals surface area contributed by atoms with Crippen LogP contribution in [0.5, 0.6) is 11.5 Å². The number of pyridine rings is 1. The minimum absolute atomic E-state index is 0.0675. The molecule has 0 radical (unpaired) electrons. The third-order valence-electron chi connectivity index (χ3n) is 4.67. The molecule has 2 aromatic carbocycles. The van der Waals surface area contributed by atoms with E-state index in [2.05, 4.69) is 4.74 Å². The lowest BCUT2D eigenvalue weighted by atomic mass is 10.1. The van der Waals surface area contributed by atoms with Crippen LogP contribution in [0, 0.1) is 0 Å². The highest BCUT2D eigenvalue weighted by Crippen LogP contribution is 2.30. The van der Waals surface area contributed by atoms with Gasteiger partial charge >= 0.3 is 6.61 Å². The van der Waals surface area contributed by atoms with Gasteiger partial charge < -0.3 is 18.9 Å². The first kappa shape index (κ1) is 21.3. The van der Waals surface area contributed by atoms with Gasteiger partial charge in [0.15, 0.2) is 11.5 Å². The van der Waals surface area contributed by atoms with Gasteiger partial charge in [-0.15, -0.1) is 0 Å². The average molecular weight is 416 g/mol. The van der Waals surface area contributed by atoms with Crippen molar-refractivity contribution < 1.29 is 23.0 Å². The molecular weight excluding hydrogens is 394 g/mol.